The number of halogens is 4. The van der Waals surface area contributed by atoms with Gasteiger partial charge in [0.15, 0.2) is 0 Å². The molecule has 0 aliphatic carbocycles. The Morgan fingerprint density at radius 1 is 1.26 bits per heavy atom. The number of carbonyl (C=O) groups is 1. The smallest absolute Gasteiger partial charge is 0.417 e. The number of hydrogen-bond acceptors (Lipinski definition) is 3. The number of nitrogens with zero attached hydrogens (tertiary/aromatic N) is 1. The number of benzene rings is 1. The van der Waals surface area contributed by atoms with Crippen molar-refractivity contribution >= 4 is 23.4 Å². The molecule has 1 aromatic heterocycles. The molecule has 8 heteroatoms. The Morgan fingerprint density at radius 2 is 1.91 bits per heavy atom. The molecule has 23 heavy (non-hydrogen) atoms. The lowest BCUT2D eigenvalue weighted by molar-refractivity contribution is -0.137. The molecule has 0 spiro atoms. The van der Waals surface area contributed by atoms with Crippen LogP contribution >= 0.6 is 11.6 Å². The van der Waals surface area contributed by atoms with Crippen molar-refractivity contribution in [3.63, 3.8) is 0 Å². The summed E-state index contributed by atoms with van der Waals surface area (Å²) in [6.45, 7) is 0.393. The van der Waals surface area contributed by atoms with Crippen molar-refractivity contribution in [2.75, 3.05) is 11.9 Å². The van der Waals surface area contributed by atoms with Gasteiger partial charge in [0.05, 0.1) is 16.1 Å². The molecule has 2 aromatic rings. The van der Waals surface area contributed by atoms with E-state index >= 15 is 0 Å². The summed E-state index contributed by atoms with van der Waals surface area (Å²) in [5, 5.41) is 11.5. The molecular weight excluding hydrogens is 333 g/mol. The van der Waals surface area contributed by atoms with Crippen LogP contribution < -0.4 is 5.32 Å². The average molecular weight is 345 g/mol. The van der Waals surface area contributed by atoms with E-state index in [0.29, 0.717) is 13.0 Å². The third-order valence-electron chi connectivity index (χ3n) is 3.08. The van der Waals surface area contributed by atoms with E-state index in [1.807, 2.05) is 0 Å². The summed E-state index contributed by atoms with van der Waals surface area (Å²) < 4.78 is 37.5. The van der Waals surface area contributed by atoms with Crippen LogP contribution in [0, 0.1) is 0 Å². The molecule has 0 saturated carbocycles. The maximum atomic E-state index is 12.5. The number of hydrogen-bond donors (Lipinski definition) is 2. The zero-order chi connectivity index (χ0) is 17.0. The Balaban J connectivity index is 1.95. The van der Waals surface area contributed by atoms with Gasteiger partial charge in [-0.1, -0.05) is 23.7 Å². The molecule has 2 rings (SSSR count). The van der Waals surface area contributed by atoms with Gasteiger partial charge in [0.25, 0.3) is 0 Å². The van der Waals surface area contributed by atoms with Gasteiger partial charge in [-0.25, -0.2) is 9.78 Å². The van der Waals surface area contributed by atoms with Gasteiger partial charge in [-0.05, 0) is 30.2 Å². The first-order valence-corrected chi connectivity index (χ1v) is 6.94. The number of aromatic nitrogens is 1. The minimum atomic E-state index is -4.49. The lowest BCUT2D eigenvalue weighted by Crippen LogP contribution is -2.10. The highest BCUT2D eigenvalue weighted by atomic mass is 35.5. The number of nitrogens with one attached hydrogen (secondary N) is 1. The normalized spacial score (nSPS) is 11.3. The van der Waals surface area contributed by atoms with E-state index in [4.69, 9.17) is 16.7 Å². The van der Waals surface area contributed by atoms with Gasteiger partial charge in [-0.15, -0.1) is 0 Å². The molecular formula is C15H12ClF3N2O2. The molecule has 122 valence electrons. The number of aromatic carboxylic acids is 1. The molecule has 0 saturated heterocycles. The first-order chi connectivity index (χ1) is 10.8. The molecule has 0 amide bonds. The fourth-order valence-electron chi connectivity index (χ4n) is 1.86. The van der Waals surface area contributed by atoms with Gasteiger partial charge in [0.1, 0.15) is 5.82 Å². The van der Waals surface area contributed by atoms with Crippen molar-refractivity contribution in [2.45, 2.75) is 12.6 Å². The maximum absolute atomic E-state index is 12.5. The molecule has 0 fully saturated rings. The van der Waals surface area contributed by atoms with Gasteiger partial charge in [-0.2, -0.15) is 13.2 Å². The van der Waals surface area contributed by atoms with E-state index < -0.39 is 17.7 Å². The minimum absolute atomic E-state index is 0.110. The average Bonchev–Trinajstić information content (AvgIpc) is 2.48. The van der Waals surface area contributed by atoms with Crippen LogP contribution in [0.15, 0.2) is 36.5 Å². The third kappa shape index (κ3) is 4.59. The summed E-state index contributed by atoms with van der Waals surface area (Å²) in [5.41, 5.74) is 0.164. The Kier molecular flexibility index (Phi) is 5.10. The molecule has 1 heterocycles. The second-order valence-corrected chi connectivity index (χ2v) is 5.14. The standard InChI is InChI=1S/C15H12ClF3N2O2/c16-12-7-11(15(17,18)19)8-21-13(12)20-6-5-9-1-3-10(4-2-9)14(22)23/h1-4,7-8H,5-6H2,(H,20,21)(H,22,23). The van der Waals surface area contributed by atoms with Crippen LogP contribution in [-0.2, 0) is 12.6 Å². The number of alkyl halides is 3. The molecule has 0 radical (unpaired) electrons. The van der Waals surface area contributed by atoms with Crippen LogP contribution in [0.4, 0.5) is 19.0 Å². The van der Waals surface area contributed by atoms with Crippen LogP contribution in [0.3, 0.4) is 0 Å². The van der Waals surface area contributed by atoms with Crippen LogP contribution in [0.5, 0.6) is 0 Å². The number of carboxylic acid groups (broad SMARTS) is 1. The monoisotopic (exact) mass is 344 g/mol. The van der Waals surface area contributed by atoms with Crippen molar-refractivity contribution < 1.29 is 23.1 Å². The Bertz CT molecular complexity index is 703. The van der Waals surface area contributed by atoms with Crippen LogP contribution in [0.1, 0.15) is 21.5 Å². The van der Waals surface area contributed by atoms with Gasteiger partial charge >= 0.3 is 12.1 Å². The van der Waals surface area contributed by atoms with Crippen molar-refractivity contribution in [3.8, 4) is 0 Å². The third-order valence-corrected chi connectivity index (χ3v) is 3.36. The van der Waals surface area contributed by atoms with Gasteiger partial charge < -0.3 is 10.4 Å². The summed E-state index contributed by atoms with van der Waals surface area (Å²) in [5.74, 6) is -0.836. The lowest BCUT2D eigenvalue weighted by atomic mass is 10.1. The predicted molar refractivity (Wildman–Crippen MR) is 79.8 cm³/mol. The van der Waals surface area contributed by atoms with Crippen LogP contribution in [0.2, 0.25) is 5.02 Å². The molecule has 0 aliphatic rings. The molecule has 0 unspecified atom stereocenters. The number of rotatable bonds is 5. The van der Waals surface area contributed by atoms with E-state index in [0.717, 1.165) is 17.8 Å². The van der Waals surface area contributed by atoms with E-state index in [9.17, 15) is 18.0 Å². The highest BCUT2D eigenvalue weighted by Crippen LogP contribution is 2.32. The topological polar surface area (TPSA) is 62.2 Å². The summed E-state index contributed by atoms with van der Waals surface area (Å²) >= 11 is 5.78. The highest BCUT2D eigenvalue weighted by Gasteiger charge is 2.31. The largest absolute Gasteiger partial charge is 0.478 e. The van der Waals surface area contributed by atoms with Crippen molar-refractivity contribution in [1.82, 2.24) is 4.98 Å². The number of anilines is 1. The Morgan fingerprint density at radius 3 is 2.43 bits per heavy atom. The van der Waals surface area contributed by atoms with Gasteiger partial charge in [0.2, 0.25) is 0 Å². The van der Waals surface area contributed by atoms with Crippen LogP contribution in [0.25, 0.3) is 0 Å². The molecule has 0 atom stereocenters. The maximum Gasteiger partial charge on any atom is 0.417 e. The summed E-state index contributed by atoms with van der Waals surface area (Å²) in [4.78, 5) is 14.4. The predicted octanol–water partition coefficient (Wildman–Crippen LogP) is 4.11. The Hall–Kier alpha value is -2.28. The SMILES string of the molecule is O=C(O)c1ccc(CCNc2ncc(C(F)(F)F)cc2Cl)cc1. The number of pyridine rings is 1. The van der Waals surface area contributed by atoms with E-state index in [1.165, 1.54) is 12.1 Å². The Labute approximate surface area is 134 Å². The molecule has 2 N–H and O–H groups in total. The van der Waals surface area contributed by atoms with Crippen LogP contribution in [-0.4, -0.2) is 22.6 Å². The highest BCUT2D eigenvalue weighted by molar-refractivity contribution is 6.32. The fourth-order valence-corrected chi connectivity index (χ4v) is 2.10. The molecule has 1 aromatic carbocycles. The van der Waals surface area contributed by atoms with Crippen molar-refractivity contribution in [1.29, 1.82) is 0 Å². The van der Waals surface area contributed by atoms with Crippen molar-refractivity contribution in [3.05, 3.63) is 58.2 Å². The summed E-state index contributed by atoms with van der Waals surface area (Å²) in [6, 6.07) is 7.14. The van der Waals surface area contributed by atoms with Gasteiger partial charge in [0, 0.05) is 12.7 Å². The molecule has 0 aliphatic heterocycles. The van der Waals surface area contributed by atoms with Gasteiger partial charge in [-0.3, -0.25) is 0 Å². The van der Waals surface area contributed by atoms with Crippen molar-refractivity contribution in [2.24, 2.45) is 0 Å². The second kappa shape index (κ2) is 6.87. The van der Waals surface area contributed by atoms with E-state index in [2.05, 4.69) is 10.3 Å². The quantitative estimate of drug-likeness (QED) is 0.857. The first kappa shape index (κ1) is 17.1. The minimum Gasteiger partial charge on any atom is -0.478 e. The zero-order valence-electron chi connectivity index (χ0n) is 11.7. The first-order valence-electron chi connectivity index (χ1n) is 6.56. The summed E-state index contributed by atoms with van der Waals surface area (Å²) in [6.07, 6.45) is -3.23. The molecule has 0 bridgehead atoms. The zero-order valence-corrected chi connectivity index (χ0v) is 12.4. The number of carboxylic acids is 1. The lowest BCUT2D eigenvalue weighted by Gasteiger charge is -2.11. The fraction of sp³-hybridized carbons (Fsp3) is 0.200. The summed E-state index contributed by atoms with van der Waals surface area (Å²) in [7, 11) is 0. The molecule has 4 nitrogen and oxygen atoms in total. The second-order valence-electron chi connectivity index (χ2n) is 4.73. The van der Waals surface area contributed by atoms with E-state index in [-0.39, 0.29) is 16.4 Å². The van der Waals surface area contributed by atoms with E-state index in [1.54, 1.807) is 12.1 Å².